The zero-order valence-electron chi connectivity index (χ0n) is 20.7. The topological polar surface area (TPSA) is 67.9 Å². The van der Waals surface area contributed by atoms with E-state index >= 15 is 0 Å². The molecule has 0 spiro atoms. The minimum atomic E-state index is -4.95. The van der Waals surface area contributed by atoms with Gasteiger partial charge in [-0.05, 0) is 65.8 Å². The summed E-state index contributed by atoms with van der Waals surface area (Å²) in [5.74, 6) is -1.68. The highest BCUT2D eigenvalue weighted by Crippen LogP contribution is 2.44. The summed E-state index contributed by atoms with van der Waals surface area (Å²) < 4.78 is 121. The van der Waals surface area contributed by atoms with Crippen LogP contribution in [-0.2, 0) is 22.4 Å². The first-order chi connectivity index (χ1) is 18.9. The van der Waals surface area contributed by atoms with E-state index in [2.05, 4.69) is 20.7 Å². The summed E-state index contributed by atoms with van der Waals surface area (Å²) in [4.78, 5) is 1.18. The van der Waals surface area contributed by atoms with Gasteiger partial charge in [-0.2, -0.15) is 26.3 Å². The molecule has 1 atom stereocenters. The first-order valence-electron chi connectivity index (χ1n) is 11.6. The standard InChI is InChI=1S/C25H19BrCl2F6N2O4S/c1-36-5-4-16(12-36)39-21-9-15(2-3-18(21)24(29,30)31)35-41(37,38)23-11-22(19(10-20(23)26)25(32,33)34)40-17-7-13(27)6-14(28)8-17/h2-3,6-11,16,35H,4-5,12H2,1H3. The number of ether oxygens (including phenoxy) is 2. The van der Waals surface area contributed by atoms with Gasteiger partial charge in [0, 0.05) is 39.7 Å². The van der Waals surface area contributed by atoms with E-state index in [0.29, 0.717) is 37.7 Å². The van der Waals surface area contributed by atoms with Gasteiger partial charge in [-0.15, -0.1) is 0 Å². The molecule has 4 rings (SSSR count). The highest BCUT2D eigenvalue weighted by Gasteiger charge is 2.38. The monoisotopic (exact) mass is 706 g/mol. The summed E-state index contributed by atoms with van der Waals surface area (Å²) >= 11 is 14.6. The van der Waals surface area contributed by atoms with E-state index in [1.807, 2.05) is 4.90 Å². The Bertz CT molecular complexity index is 1550. The van der Waals surface area contributed by atoms with Gasteiger partial charge in [-0.1, -0.05) is 23.2 Å². The van der Waals surface area contributed by atoms with Crippen molar-refractivity contribution in [3.05, 3.63) is 74.2 Å². The third-order valence-electron chi connectivity index (χ3n) is 5.87. The fraction of sp³-hybridized carbons (Fsp3) is 0.280. The van der Waals surface area contributed by atoms with Crippen LogP contribution < -0.4 is 14.2 Å². The largest absolute Gasteiger partial charge is 0.488 e. The van der Waals surface area contributed by atoms with E-state index in [1.54, 1.807) is 7.05 Å². The van der Waals surface area contributed by atoms with Gasteiger partial charge in [0.2, 0.25) is 0 Å². The molecule has 3 aromatic rings. The Hall–Kier alpha value is -2.39. The van der Waals surface area contributed by atoms with Crippen LogP contribution in [0.25, 0.3) is 0 Å². The van der Waals surface area contributed by atoms with Gasteiger partial charge in [0.15, 0.2) is 0 Å². The summed E-state index contributed by atoms with van der Waals surface area (Å²) in [6.07, 6.45) is -9.84. The Kier molecular flexibility index (Phi) is 9.01. The van der Waals surface area contributed by atoms with Gasteiger partial charge in [-0.3, -0.25) is 4.72 Å². The smallest absolute Gasteiger partial charge is 0.420 e. The van der Waals surface area contributed by atoms with E-state index in [0.717, 1.165) is 12.1 Å². The second kappa shape index (κ2) is 11.7. The maximum absolute atomic E-state index is 13.8. The molecule has 1 heterocycles. The fourth-order valence-corrected chi connectivity index (χ4v) is 6.67. The van der Waals surface area contributed by atoms with Crippen molar-refractivity contribution in [2.75, 3.05) is 24.9 Å². The summed E-state index contributed by atoms with van der Waals surface area (Å²) in [5, 5.41) is 0.106. The maximum atomic E-state index is 13.8. The number of benzene rings is 3. The van der Waals surface area contributed by atoms with Crippen LogP contribution in [0, 0.1) is 0 Å². The van der Waals surface area contributed by atoms with Gasteiger partial charge in [0.25, 0.3) is 10.0 Å². The number of halogens is 9. The number of hydrogen-bond donors (Lipinski definition) is 1. The van der Waals surface area contributed by atoms with Crippen LogP contribution >= 0.6 is 39.1 Å². The van der Waals surface area contributed by atoms with E-state index in [-0.39, 0.29) is 21.5 Å². The molecule has 0 aliphatic carbocycles. The van der Waals surface area contributed by atoms with Crippen molar-refractivity contribution in [2.45, 2.75) is 29.8 Å². The van der Waals surface area contributed by atoms with Crippen LogP contribution in [0.4, 0.5) is 32.0 Å². The molecule has 1 aliphatic rings. The molecule has 41 heavy (non-hydrogen) atoms. The van der Waals surface area contributed by atoms with E-state index < -0.39 is 60.5 Å². The second-order valence-electron chi connectivity index (χ2n) is 9.09. The number of likely N-dealkylation sites (N-methyl/N-ethyl adjacent to an activating group) is 1. The minimum absolute atomic E-state index is 0.0530. The first-order valence-corrected chi connectivity index (χ1v) is 14.6. The van der Waals surface area contributed by atoms with Crippen molar-refractivity contribution in [3.8, 4) is 17.2 Å². The van der Waals surface area contributed by atoms with Crippen molar-refractivity contribution in [3.63, 3.8) is 0 Å². The number of anilines is 1. The number of sulfonamides is 1. The number of rotatable bonds is 7. The Morgan fingerprint density at radius 2 is 1.56 bits per heavy atom. The molecule has 1 unspecified atom stereocenters. The maximum Gasteiger partial charge on any atom is 0.420 e. The molecular weight excluding hydrogens is 689 g/mol. The van der Waals surface area contributed by atoms with Crippen LogP contribution in [0.1, 0.15) is 17.5 Å². The molecular formula is C25H19BrCl2F6N2O4S. The minimum Gasteiger partial charge on any atom is -0.488 e. The highest BCUT2D eigenvalue weighted by atomic mass is 79.9. The lowest BCUT2D eigenvalue weighted by molar-refractivity contribution is -0.139. The molecule has 1 saturated heterocycles. The molecule has 1 fully saturated rings. The summed E-state index contributed by atoms with van der Waals surface area (Å²) in [6, 6.07) is 7.20. The number of likely N-dealkylation sites (tertiary alicyclic amines) is 1. The number of hydrogen-bond acceptors (Lipinski definition) is 5. The zero-order chi connectivity index (χ0) is 30.3. The van der Waals surface area contributed by atoms with Crippen molar-refractivity contribution < 1.29 is 44.2 Å². The summed E-state index contributed by atoms with van der Waals surface area (Å²) in [5.41, 5.74) is -2.73. The van der Waals surface area contributed by atoms with Gasteiger partial charge in [-0.25, -0.2) is 8.42 Å². The second-order valence-corrected chi connectivity index (χ2v) is 12.5. The predicted molar refractivity (Wildman–Crippen MR) is 144 cm³/mol. The Morgan fingerprint density at radius 1 is 0.927 bits per heavy atom. The Morgan fingerprint density at radius 3 is 2.12 bits per heavy atom. The van der Waals surface area contributed by atoms with Crippen molar-refractivity contribution in [1.82, 2.24) is 4.90 Å². The molecule has 0 bridgehead atoms. The molecule has 222 valence electrons. The fourth-order valence-electron chi connectivity index (χ4n) is 4.06. The Balaban J connectivity index is 1.72. The van der Waals surface area contributed by atoms with Crippen molar-refractivity contribution >= 4 is 54.8 Å². The van der Waals surface area contributed by atoms with Gasteiger partial charge < -0.3 is 14.4 Å². The predicted octanol–water partition coefficient (Wildman–Crippen LogP) is 8.47. The number of alkyl halides is 6. The average Bonchev–Trinajstić information content (AvgIpc) is 3.22. The number of nitrogens with zero attached hydrogens (tertiary/aromatic N) is 1. The van der Waals surface area contributed by atoms with E-state index in [9.17, 15) is 34.8 Å². The van der Waals surface area contributed by atoms with Crippen LogP contribution in [0.15, 0.2) is 57.9 Å². The van der Waals surface area contributed by atoms with Gasteiger partial charge >= 0.3 is 12.4 Å². The highest BCUT2D eigenvalue weighted by molar-refractivity contribution is 9.10. The van der Waals surface area contributed by atoms with Crippen molar-refractivity contribution in [2.24, 2.45) is 0 Å². The number of nitrogens with one attached hydrogen (secondary N) is 1. The van der Waals surface area contributed by atoms with Crippen LogP contribution in [0.2, 0.25) is 10.0 Å². The molecule has 1 aliphatic heterocycles. The van der Waals surface area contributed by atoms with Gasteiger partial charge in [0.1, 0.15) is 28.2 Å². The molecule has 0 saturated carbocycles. The molecule has 3 aromatic carbocycles. The summed E-state index contributed by atoms with van der Waals surface area (Å²) in [6.45, 7) is 0.971. The Labute approximate surface area is 249 Å². The average molecular weight is 708 g/mol. The quantitative estimate of drug-likeness (QED) is 0.250. The zero-order valence-corrected chi connectivity index (χ0v) is 24.6. The molecule has 0 amide bonds. The van der Waals surface area contributed by atoms with Crippen LogP contribution in [0.3, 0.4) is 0 Å². The van der Waals surface area contributed by atoms with E-state index in [1.165, 1.54) is 18.2 Å². The lowest BCUT2D eigenvalue weighted by Crippen LogP contribution is -2.23. The van der Waals surface area contributed by atoms with E-state index in [4.69, 9.17) is 32.7 Å². The SMILES string of the molecule is CN1CCC(Oc2cc(NS(=O)(=O)c3cc(Oc4cc(Cl)cc(Cl)c4)c(C(F)(F)F)cc3Br)ccc2C(F)(F)F)C1. The lowest BCUT2D eigenvalue weighted by atomic mass is 10.1. The molecule has 16 heteroatoms. The third-order valence-corrected chi connectivity index (χ3v) is 8.65. The normalized spacial score (nSPS) is 16.6. The van der Waals surface area contributed by atoms with Crippen LogP contribution in [-0.4, -0.2) is 39.6 Å². The molecule has 0 radical (unpaired) electrons. The lowest BCUT2D eigenvalue weighted by Gasteiger charge is -2.20. The third kappa shape index (κ3) is 7.72. The summed E-state index contributed by atoms with van der Waals surface area (Å²) in [7, 11) is -2.90. The molecule has 1 N–H and O–H groups in total. The molecule has 6 nitrogen and oxygen atoms in total. The van der Waals surface area contributed by atoms with Crippen LogP contribution in [0.5, 0.6) is 17.2 Å². The molecule has 0 aromatic heterocycles. The van der Waals surface area contributed by atoms with Crippen molar-refractivity contribution in [1.29, 1.82) is 0 Å². The van der Waals surface area contributed by atoms with Gasteiger partial charge in [0.05, 0.1) is 16.8 Å². The first kappa shape index (κ1) is 31.5.